The molecular weight excluding hydrogens is 488 g/mol. The Morgan fingerprint density at radius 2 is 2.10 bits per heavy atom. The summed E-state index contributed by atoms with van der Waals surface area (Å²) >= 11 is 0. The zero-order valence-corrected chi connectivity index (χ0v) is 19.8. The SMILES string of the molecule is CCC(CNC(=NC)NCCCOCC1CCOCC1)Oc1cccc(F)c1.I. The first-order valence-electron chi connectivity index (χ1n) is 10.2. The van der Waals surface area contributed by atoms with Gasteiger partial charge in [0.25, 0.3) is 0 Å². The molecule has 0 saturated carbocycles. The Morgan fingerprint density at radius 3 is 2.79 bits per heavy atom. The summed E-state index contributed by atoms with van der Waals surface area (Å²) in [5.74, 6) is 1.61. The molecule has 1 unspecified atom stereocenters. The number of benzene rings is 1. The highest BCUT2D eigenvalue weighted by Crippen LogP contribution is 2.15. The minimum absolute atomic E-state index is 0. The van der Waals surface area contributed by atoms with Crippen LogP contribution in [0.15, 0.2) is 29.3 Å². The van der Waals surface area contributed by atoms with Gasteiger partial charge in [0, 0.05) is 46.1 Å². The molecule has 1 aliphatic heterocycles. The van der Waals surface area contributed by atoms with E-state index in [0.29, 0.717) is 18.2 Å². The predicted molar refractivity (Wildman–Crippen MR) is 125 cm³/mol. The van der Waals surface area contributed by atoms with Crippen molar-refractivity contribution in [3.63, 3.8) is 0 Å². The highest BCUT2D eigenvalue weighted by atomic mass is 127. The number of aliphatic imine (C=N–C) groups is 1. The van der Waals surface area contributed by atoms with Gasteiger partial charge < -0.3 is 24.8 Å². The van der Waals surface area contributed by atoms with E-state index in [4.69, 9.17) is 14.2 Å². The lowest BCUT2D eigenvalue weighted by atomic mass is 10.0. The lowest BCUT2D eigenvalue weighted by Crippen LogP contribution is -2.42. The fourth-order valence-electron chi connectivity index (χ4n) is 2.98. The Bertz CT molecular complexity index is 586. The van der Waals surface area contributed by atoms with Crippen molar-refractivity contribution in [3.05, 3.63) is 30.1 Å². The first-order valence-corrected chi connectivity index (χ1v) is 10.2. The minimum Gasteiger partial charge on any atom is -0.489 e. The van der Waals surface area contributed by atoms with Gasteiger partial charge in [0.1, 0.15) is 17.7 Å². The van der Waals surface area contributed by atoms with Gasteiger partial charge >= 0.3 is 0 Å². The fraction of sp³-hybridized carbons (Fsp3) is 0.667. The summed E-state index contributed by atoms with van der Waals surface area (Å²) < 4.78 is 30.3. The van der Waals surface area contributed by atoms with Crippen LogP contribution in [0.3, 0.4) is 0 Å². The third-order valence-corrected chi connectivity index (χ3v) is 4.73. The molecule has 0 amide bonds. The largest absolute Gasteiger partial charge is 0.489 e. The molecule has 2 N–H and O–H groups in total. The highest BCUT2D eigenvalue weighted by Gasteiger charge is 2.13. The molecule has 0 bridgehead atoms. The van der Waals surface area contributed by atoms with E-state index in [-0.39, 0.29) is 35.9 Å². The lowest BCUT2D eigenvalue weighted by Gasteiger charge is -2.22. The van der Waals surface area contributed by atoms with Crippen LogP contribution in [0, 0.1) is 11.7 Å². The molecule has 8 heteroatoms. The first-order chi connectivity index (χ1) is 13.7. The number of hydrogen-bond acceptors (Lipinski definition) is 4. The van der Waals surface area contributed by atoms with E-state index in [2.05, 4.69) is 15.6 Å². The third kappa shape index (κ3) is 11.0. The van der Waals surface area contributed by atoms with E-state index in [1.807, 2.05) is 6.92 Å². The summed E-state index contributed by atoms with van der Waals surface area (Å²) in [5.41, 5.74) is 0. The van der Waals surface area contributed by atoms with E-state index >= 15 is 0 Å². The van der Waals surface area contributed by atoms with E-state index in [0.717, 1.165) is 64.6 Å². The van der Waals surface area contributed by atoms with Crippen molar-refractivity contribution >= 4 is 29.9 Å². The fourth-order valence-corrected chi connectivity index (χ4v) is 2.98. The van der Waals surface area contributed by atoms with Crippen LogP contribution >= 0.6 is 24.0 Å². The highest BCUT2D eigenvalue weighted by molar-refractivity contribution is 14.0. The molecule has 0 aliphatic carbocycles. The summed E-state index contributed by atoms with van der Waals surface area (Å²) in [6.07, 6.45) is 3.86. The van der Waals surface area contributed by atoms with Gasteiger partial charge in [-0.3, -0.25) is 4.99 Å². The second-order valence-corrected chi connectivity index (χ2v) is 6.97. The number of nitrogens with one attached hydrogen (secondary N) is 2. The number of ether oxygens (including phenoxy) is 3. The van der Waals surface area contributed by atoms with Crippen molar-refractivity contribution in [1.82, 2.24) is 10.6 Å². The van der Waals surface area contributed by atoms with E-state index in [1.165, 1.54) is 12.1 Å². The number of rotatable bonds is 11. The average molecular weight is 523 g/mol. The van der Waals surface area contributed by atoms with Gasteiger partial charge in [0.05, 0.1) is 6.54 Å². The average Bonchev–Trinajstić information content (AvgIpc) is 2.72. The van der Waals surface area contributed by atoms with E-state index in [9.17, 15) is 4.39 Å². The van der Waals surface area contributed by atoms with Gasteiger partial charge in [0.15, 0.2) is 5.96 Å². The maximum atomic E-state index is 13.3. The third-order valence-electron chi connectivity index (χ3n) is 4.73. The molecule has 1 aromatic carbocycles. The molecule has 1 atom stereocenters. The quantitative estimate of drug-likeness (QED) is 0.201. The molecule has 2 rings (SSSR count). The second kappa shape index (κ2) is 15.7. The molecule has 1 heterocycles. The molecule has 166 valence electrons. The van der Waals surface area contributed by atoms with Gasteiger partial charge in [-0.2, -0.15) is 0 Å². The normalized spacial score (nSPS) is 16.0. The Morgan fingerprint density at radius 1 is 1.31 bits per heavy atom. The number of hydrogen-bond donors (Lipinski definition) is 2. The van der Waals surface area contributed by atoms with Crippen molar-refractivity contribution in [1.29, 1.82) is 0 Å². The monoisotopic (exact) mass is 523 g/mol. The van der Waals surface area contributed by atoms with Gasteiger partial charge in [0.2, 0.25) is 0 Å². The van der Waals surface area contributed by atoms with E-state index in [1.54, 1.807) is 19.2 Å². The zero-order chi connectivity index (χ0) is 20.0. The molecule has 0 radical (unpaired) electrons. The summed E-state index contributed by atoms with van der Waals surface area (Å²) in [5, 5.41) is 6.55. The van der Waals surface area contributed by atoms with Gasteiger partial charge in [-0.15, -0.1) is 24.0 Å². The van der Waals surface area contributed by atoms with Crippen LogP contribution in [0.1, 0.15) is 32.6 Å². The lowest BCUT2D eigenvalue weighted by molar-refractivity contribution is 0.0203. The summed E-state index contributed by atoms with van der Waals surface area (Å²) in [6, 6.07) is 6.22. The first kappa shape index (κ1) is 25.9. The van der Waals surface area contributed by atoms with Crippen LogP contribution in [0.25, 0.3) is 0 Å². The standard InChI is InChI=1S/C21H34FN3O3.HI/c1-3-19(28-20-7-4-6-18(22)14-20)15-25-21(23-2)24-10-5-11-27-16-17-8-12-26-13-9-17;/h4,6-7,14,17,19H,3,5,8-13,15-16H2,1-2H3,(H2,23,24,25);1H. The van der Waals surface area contributed by atoms with Crippen molar-refractivity contribution < 1.29 is 18.6 Å². The minimum atomic E-state index is -0.295. The number of halogens is 2. The Balaban J connectivity index is 0.00000420. The molecule has 0 spiro atoms. The zero-order valence-electron chi connectivity index (χ0n) is 17.5. The van der Waals surface area contributed by atoms with Gasteiger partial charge in [-0.1, -0.05) is 13.0 Å². The molecule has 1 aliphatic rings. The summed E-state index contributed by atoms with van der Waals surface area (Å²) in [6.45, 7) is 6.70. The summed E-state index contributed by atoms with van der Waals surface area (Å²) in [7, 11) is 1.74. The molecular formula is C21H35FIN3O3. The van der Waals surface area contributed by atoms with Crippen molar-refractivity contribution in [3.8, 4) is 5.75 Å². The van der Waals surface area contributed by atoms with Gasteiger partial charge in [-0.05, 0) is 43.7 Å². The number of guanidine groups is 1. The van der Waals surface area contributed by atoms with Crippen LogP contribution in [-0.4, -0.2) is 58.6 Å². The summed E-state index contributed by atoms with van der Waals surface area (Å²) in [4.78, 5) is 4.23. The molecule has 6 nitrogen and oxygen atoms in total. The van der Waals surface area contributed by atoms with Crippen molar-refractivity contribution in [2.75, 3.05) is 46.6 Å². The Labute approximate surface area is 191 Å². The molecule has 1 fully saturated rings. The van der Waals surface area contributed by atoms with Crippen molar-refractivity contribution in [2.24, 2.45) is 10.9 Å². The van der Waals surface area contributed by atoms with E-state index < -0.39 is 0 Å². The Kier molecular flexibility index (Phi) is 14.0. The second-order valence-electron chi connectivity index (χ2n) is 6.97. The molecule has 1 aromatic rings. The predicted octanol–water partition coefficient (Wildman–Crippen LogP) is 3.60. The van der Waals surface area contributed by atoms with Crippen molar-refractivity contribution in [2.45, 2.75) is 38.7 Å². The van der Waals surface area contributed by atoms with Crippen LogP contribution < -0.4 is 15.4 Å². The van der Waals surface area contributed by atoms with Crippen LogP contribution in [-0.2, 0) is 9.47 Å². The topological polar surface area (TPSA) is 64.1 Å². The molecule has 0 aromatic heterocycles. The van der Waals surface area contributed by atoms with Crippen LogP contribution in [0.2, 0.25) is 0 Å². The van der Waals surface area contributed by atoms with Gasteiger partial charge in [-0.25, -0.2) is 4.39 Å². The van der Waals surface area contributed by atoms with Crippen LogP contribution in [0.5, 0.6) is 5.75 Å². The molecule has 1 saturated heterocycles. The maximum absolute atomic E-state index is 13.3. The maximum Gasteiger partial charge on any atom is 0.191 e. The Hall–Kier alpha value is -1.13. The van der Waals surface area contributed by atoms with Crippen LogP contribution in [0.4, 0.5) is 4.39 Å². The smallest absolute Gasteiger partial charge is 0.191 e. The number of nitrogens with zero attached hydrogens (tertiary/aromatic N) is 1. The molecule has 29 heavy (non-hydrogen) atoms.